The molecule has 2 rings (SSSR count). The fourth-order valence-electron chi connectivity index (χ4n) is 1.98. The van der Waals surface area contributed by atoms with E-state index in [0.29, 0.717) is 6.54 Å². The smallest absolute Gasteiger partial charge is 0.0932 e. The van der Waals surface area contributed by atoms with Crippen LogP contribution < -0.4 is 5.73 Å². The Morgan fingerprint density at radius 2 is 1.79 bits per heavy atom. The van der Waals surface area contributed by atoms with Gasteiger partial charge in [0.25, 0.3) is 0 Å². The summed E-state index contributed by atoms with van der Waals surface area (Å²) in [6.07, 6.45) is 0. The normalized spacial score (nSPS) is 11.6. The third-order valence-electron chi connectivity index (χ3n) is 3.31. The number of nitrogens with zero attached hydrogens (tertiary/aromatic N) is 2. The second kappa shape index (κ2) is 5.10. The fraction of sp³-hybridized carbons (Fsp3) is 0.375. The van der Waals surface area contributed by atoms with Gasteiger partial charge in [0, 0.05) is 12.1 Å². The number of rotatable bonds is 2. The SMILES string of the molecule is Cc1ccc(C(C)(C)C)cc1-c1ccc(CN)nn1. The van der Waals surface area contributed by atoms with E-state index >= 15 is 0 Å². The van der Waals surface area contributed by atoms with E-state index in [9.17, 15) is 0 Å². The molecule has 0 aliphatic rings. The zero-order chi connectivity index (χ0) is 14.0. The predicted molar refractivity (Wildman–Crippen MR) is 78.8 cm³/mol. The van der Waals surface area contributed by atoms with Crippen molar-refractivity contribution in [3.05, 3.63) is 47.2 Å². The summed E-state index contributed by atoms with van der Waals surface area (Å²) in [6, 6.07) is 10.5. The maximum absolute atomic E-state index is 5.55. The largest absolute Gasteiger partial charge is 0.325 e. The standard InChI is InChI=1S/C16H21N3/c1-11-5-6-12(16(2,3)4)9-14(11)15-8-7-13(10-17)18-19-15/h5-9H,10,17H2,1-4H3. The van der Waals surface area contributed by atoms with Gasteiger partial charge in [-0.15, -0.1) is 0 Å². The molecular formula is C16H21N3. The Balaban J connectivity index is 2.48. The summed E-state index contributed by atoms with van der Waals surface area (Å²) in [5.41, 5.74) is 11.1. The highest BCUT2D eigenvalue weighted by Crippen LogP contribution is 2.29. The van der Waals surface area contributed by atoms with Gasteiger partial charge in [-0.3, -0.25) is 0 Å². The molecule has 1 aromatic heterocycles. The number of aryl methyl sites for hydroxylation is 1. The Kier molecular flexibility index (Phi) is 3.67. The molecule has 3 heteroatoms. The highest BCUT2D eigenvalue weighted by molar-refractivity contribution is 5.64. The van der Waals surface area contributed by atoms with Crippen LogP contribution in [0.3, 0.4) is 0 Å². The van der Waals surface area contributed by atoms with Crippen molar-refractivity contribution in [2.45, 2.75) is 39.7 Å². The van der Waals surface area contributed by atoms with E-state index in [-0.39, 0.29) is 5.41 Å². The van der Waals surface area contributed by atoms with Crippen LogP contribution in [-0.2, 0) is 12.0 Å². The molecule has 0 aliphatic heterocycles. The average Bonchev–Trinajstić information content (AvgIpc) is 2.38. The number of hydrogen-bond donors (Lipinski definition) is 1. The van der Waals surface area contributed by atoms with E-state index in [1.807, 2.05) is 12.1 Å². The van der Waals surface area contributed by atoms with E-state index in [4.69, 9.17) is 5.73 Å². The molecule has 1 heterocycles. The van der Waals surface area contributed by atoms with Crippen LogP contribution in [-0.4, -0.2) is 10.2 Å². The first kappa shape index (κ1) is 13.7. The Bertz CT molecular complexity index is 566. The van der Waals surface area contributed by atoms with Crippen LogP contribution in [0.25, 0.3) is 11.3 Å². The first-order valence-corrected chi connectivity index (χ1v) is 6.56. The predicted octanol–water partition coefficient (Wildman–Crippen LogP) is 3.21. The summed E-state index contributed by atoms with van der Waals surface area (Å²) in [7, 11) is 0. The van der Waals surface area contributed by atoms with Crippen LogP contribution >= 0.6 is 0 Å². The van der Waals surface area contributed by atoms with Crippen LogP contribution in [0, 0.1) is 6.92 Å². The molecule has 0 atom stereocenters. The van der Waals surface area contributed by atoms with E-state index in [1.54, 1.807) is 0 Å². The summed E-state index contributed by atoms with van der Waals surface area (Å²) < 4.78 is 0. The van der Waals surface area contributed by atoms with Crippen molar-refractivity contribution in [3.8, 4) is 11.3 Å². The molecule has 2 aromatic rings. The van der Waals surface area contributed by atoms with Crippen molar-refractivity contribution in [1.29, 1.82) is 0 Å². The van der Waals surface area contributed by atoms with Gasteiger partial charge in [0.15, 0.2) is 0 Å². The molecule has 0 aliphatic carbocycles. The lowest BCUT2D eigenvalue weighted by Crippen LogP contribution is -2.11. The van der Waals surface area contributed by atoms with E-state index in [0.717, 1.165) is 17.0 Å². The number of benzene rings is 1. The Morgan fingerprint density at radius 1 is 1.05 bits per heavy atom. The zero-order valence-electron chi connectivity index (χ0n) is 12.1. The summed E-state index contributed by atoms with van der Waals surface area (Å²) in [4.78, 5) is 0. The van der Waals surface area contributed by atoms with Gasteiger partial charge in [-0.1, -0.05) is 32.9 Å². The topological polar surface area (TPSA) is 51.8 Å². The Hall–Kier alpha value is -1.74. The maximum atomic E-state index is 5.55. The molecule has 0 unspecified atom stereocenters. The molecular weight excluding hydrogens is 234 g/mol. The van der Waals surface area contributed by atoms with Crippen molar-refractivity contribution in [1.82, 2.24) is 10.2 Å². The molecule has 3 nitrogen and oxygen atoms in total. The van der Waals surface area contributed by atoms with Crippen LogP contribution in [0.2, 0.25) is 0 Å². The summed E-state index contributed by atoms with van der Waals surface area (Å²) in [5.74, 6) is 0. The lowest BCUT2D eigenvalue weighted by molar-refractivity contribution is 0.590. The van der Waals surface area contributed by atoms with Gasteiger partial charge in [0.2, 0.25) is 0 Å². The lowest BCUT2D eigenvalue weighted by atomic mass is 9.85. The molecule has 0 bridgehead atoms. The van der Waals surface area contributed by atoms with Gasteiger partial charge < -0.3 is 5.73 Å². The zero-order valence-corrected chi connectivity index (χ0v) is 12.1. The van der Waals surface area contributed by atoms with Crippen molar-refractivity contribution < 1.29 is 0 Å². The first-order chi connectivity index (χ1) is 8.91. The molecule has 0 fully saturated rings. The highest BCUT2D eigenvalue weighted by atomic mass is 15.1. The van der Waals surface area contributed by atoms with Crippen LogP contribution in [0.5, 0.6) is 0 Å². The second-order valence-corrected chi connectivity index (χ2v) is 5.89. The second-order valence-electron chi connectivity index (χ2n) is 5.89. The molecule has 0 saturated heterocycles. The van der Waals surface area contributed by atoms with Gasteiger partial charge in [-0.2, -0.15) is 10.2 Å². The Labute approximate surface area is 114 Å². The monoisotopic (exact) mass is 255 g/mol. The summed E-state index contributed by atoms with van der Waals surface area (Å²) >= 11 is 0. The van der Waals surface area contributed by atoms with E-state index in [1.165, 1.54) is 11.1 Å². The molecule has 100 valence electrons. The third-order valence-corrected chi connectivity index (χ3v) is 3.31. The number of nitrogens with two attached hydrogens (primary N) is 1. The number of hydrogen-bond acceptors (Lipinski definition) is 3. The van der Waals surface area contributed by atoms with Crippen molar-refractivity contribution in [3.63, 3.8) is 0 Å². The number of aromatic nitrogens is 2. The van der Waals surface area contributed by atoms with Gasteiger partial charge in [0.05, 0.1) is 11.4 Å². The quantitative estimate of drug-likeness (QED) is 0.896. The summed E-state index contributed by atoms with van der Waals surface area (Å²) in [6.45, 7) is 9.16. The van der Waals surface area contributed by atoms with Gasteiger partial charge in [0.1, 0.15) is 0 Å². The van der Waals surface area contributed by atoms with Gasteiger partial charge >= 0.3 is 0 Å². The van der Waals surface area contributed by atoms with E-state index < -0.39 is 0 Å². The third kappa shape index (κ3) is 2.99. The highest BCUT2D eigenvalue weighted by Gasteiger charge is 2.15. The van der Waals surface area contributed by atoms with Crippen LogP contribution in [0.4, 0.5) is 0 Å². The molecule has 2 N–H and O–H groups in total. The van der Waals surface area contributed by atoms with Crippen molar-refractivity contribution >= 4 is 0 Å². The minimum absolute atomic E-state index is 0.132. The maximum Gasteiger partial charge on any atom is 0.0932 e. The molecule has 19 heavy (non-hydrogen) atoms. The van der Waals surface area contributed by atoms with Crippen LogP contribution in [0.15, 0.2) is 30.3 Å². The van der Waals surface area contributed by atoms with Gasteiger partial charge in [-0.05, 0) is 41.7 Å². The minimum Gasteiger partial charge on any atom is -0.325 e. The van der Waals surface area contributed by atoms with Gasteiger partial charge in [-0.25, -0.2) is 0 Å². The molecule has 1 aromatic carbocycles. The molecule has 0 saturated carbocycles. The molecule has 0 radical (unpaired) electrons. The Morgan fingerprint density at radius 3 is 2.32 bits per heavy atom. The summed E-state index contributed by atoms with van der Waals surface area (Å²) in [5, 5.41) is 8.41. The lowest BCUT2D eigenvalue weighted by Gasteiger charge is -2.20. The molecule has 0 amide bonds. The average molecular weight is 255 g/mol. The molecule has 0 spiro atoms. The first-order valence-electron chi connectivity index (χ1n) is 6.56. The fourth-order valence-corrected chi connectivity index (χ4v) is 1.98. The van der Waals surface area contributed by atoms with Crippen molar-refractivity contribution in [2.24, 2.45) is 5.73 Å². The van der Waals surface area contributed by atoms with Crippen LogP contribution in [0.1, 0.15) is 37.6 Å². The van der Waals surface area contributed by atoms with E-state index in [2.05, 4.69) is 56.1 Å². The minimum atomic E-state index is 0.132. The van der Waals surface area contributed by atoms with Crippen molar-refractivity contribution in [2.75, 3.05) is 0 Å².